The smallest absolute Gasteiger partial charge is 0.258 e. The van der Waals surface area contributed by atoms with Crippen molar-refractivity contribution in [3.05, 3.63) is 82.2 Å². The Bertz CT molecular complexity index is 1060. The predicted octanol–water partition coefficient (Wildman–Crippen LogP) is 2.75. The predicted molar refractivity (Wildman–Crippen MR) is 105 cm³/mol. The van der Waals surface area contributed by atoms with E-state index in [0.717, 1.165) is 0 Å². The summed E-state index contributed by atoms with van der Waals surface area (Å²) in [5.74, 6) is -0.376. The second kappa shape index (κ2) is 9.05. The minimum atomic E-state index is -0.407. The van der Waals surface area contributed by atoms with Crippen LogP contribution in [0.2, 0.25) is 0 Å². The zero-order chi connectivity index (χ0) is 19.9. The standard InChI is InChI=1S/C21H20FN3O3/c1-28-13-12-25(20(26)11-10-15-6-2-4-8-17(15)22)14-19-23-18-9-5-3-7-16(18)21(27)24-19/h2-11H,12-14H2,1H3,(H,23,24,27)/b11-10+. The van der Waals surface area contributed by atoms with Crippen LogP contribution in [0.1, 0.15) is 11.4 Å². The van der Waals surface area contributed by atoms with Gasteiger partial charge in [-0.2, -0.15) is 0 Å². The Labute approximate surface area is 161 Å². The second-order valence-electron chi connectivity index (χ2n) is 6.14. The zero-order valence-corrected chi connectivity index (χ0v) is 15.4. The highest BCUT2D eigenvalue weighted by Crippen LogP contribution is 2.10. The van der Waals surface area contributed by atoms with Crippen LogP contribution in [0.5, 0.6) is 0 Å². The third kappa shape index (κ3) is 4.69. The molecule has 0 aliphatic rings. The normalized spacial score (nSPS) is 11.2. The van der Waals surface area contributed by atoms with Gasteiger partial charge in [0.1, 0.15) is 11.6 Å². The average molecular weight is 381 g/mol. The highest BCUT2D eigenvalue weighted by atomic mass is 19.1. The van der Waals surface area contributed by atoms with Crippen LogP contribution in [-0.4, -0.2) is 41.0 Å². The van der Waals surface area contributed by atoms with Crippen LogP contribution in [0.25, 0.3) is 17.0 Å². The molecule has 0 saturated carbocycles. The maximum atomic E-state index is 13.7. The maximum absolute atomic E-state index is 13.7. The van der Waals surface area contributed by atoms with E-state index in [2.05, 4.69) is 9.97 Å². The van der Waals surface area contributed by atoms with Crippen molar-refractivity contribution in [2.75, 3.05) is 20.3 Å². The monoisotopic (exact) mass is 381 g/mol. The van der Waals surface area contributed by atoms with Gasteiger partial charge in [0.2, 0.25) is 5.91 Å². The Morgan fingerprint density at radius 2 is 1.96 bits per heavy atom. The molecule has 6 nitrogen and oxygen atoms in total. The minimum absolute atomic E-state index is 0.101. The lowest BCUT2D eigenvalue weighted by molar-refractivity contribution is -0.127. The summed E-state index contributed by atoms with van der Waals surface area (Å²) in [4.78, 5) is 33.5. The van der Waals surface area contributed by atoms with Crippen LogP contribution in [0.4, 0.5) is 4.39 Å². The summed E-state index contributed by atoms with van der Waals surface area (Å²) in [7, 11) is 1.54. The zero-order valence-electron chi connectivity index (χ0n) is 15.4. The lowest BCUT2D eigenvalue weighted by Crippen LogP contribution is -2.33. The first-order valence-electron chi connectivity index (χ1n) is 8.77. The van der Waals surface area contributed by atoms with E-state index in [0.29, 0.717) is 35.4 Å². The quantitative estimate of drug-likeness (QED) is 0.639. The van der Waals surface area contributed by atoms with Gasteiger partial charge in [-0.05, 0) is 24.3 Å². The number of nitrogens with one attached hydrogen (secondary N) is 1. The van der Waals surface area contributed by atoms with Gasteiger partial charge in [-0.25, -0.2) is 9.37 Å². The van der Waals surface area contributed by atoms with E-state index in [1.54, 1.807) is 42.5 Å². The molecule has 7 heteroatoms. The summed E-state index contributed by atoms with van der Waals surface area (Å²) in [6.07, 6.45) is 2.72. The SMILES string of the molecule is COCCN(Cc1nc2ccccc2c(=O)[nH]1)C(=O)/C=C/c1ccccc1F. The van der Waals surface area contributed by atoms with Gasteiger partial charge in [0.05, 0.1) is 24.1 Å². The summed E-state index contributed by atoms with van der Waals surface area (Å²) < 4.78 is 18.8. The van der Waals surface area contributed by atoms with Crippen molar-refractivity contribution >= 4 is 22.9 Å². The number of H-pyrrole nitrogens is 1. The molecule has 0 aliphatic carbocycles. The summed E-state index contributed by atoms with van der Waals surface area (Å²) in [5.41, 5.74) is 0.615. The Hall–Kier alpha value is -3.32. The van der Waals surface area contributed by atoms with Crippen molar-refractivity contribution in [3.63, 3.8) is 0 Å². The molecule has 0 fully saturated rings. The van der Waals surface area contributed by atoms with Crippen molar-refractivity contribution in [2.45, 2.75) is 6.54 Å². The number of para-hydroxylation sites is 1. The highest BCUT2D eigenvalue weighted by Gasteiger charge is 2.14. The van der Waals surface area contributed by atoms with Crippen molar-refractivity contribution in [2.24, 2.45) is 0 Å². The molecule has 3 aromatic rings. The van der Waals surface area contributed by atoms with Gasteiger partial charge in [-0.3, -0.25) is 9.59 Å². The third-order valence-electron chi connectivity index (χ3n) is 4.19. The molecule has 0 aliphatic heterocycles. The molecule has 1 heterocycles. The van der Waals surface area contributed by atoms with Crippen LogP contribution >= 0.6 is 0 Å². The van der Waals surface area contributed by atoms with E-state index in [1.165, 1.54) is 30.2 Å². The molecule has 28 heavy (non-hydrogen) atoms. The number of carbonyl (C=O) groups is 1. The number of rotatable bonds is 7. The number of aromatic amines is 1. The van der Waals surface area contributed by atoms with Gasteiger partial charge in [-0.15, -0.1) is 0 Å². The van der Waals surface area contributed by atoms with E-state index < -0.39 is 5.82 Å². The van der Waals surface area contributed by atoms with E-state index >= 15 is 0 Å². The molecular formula is C21H20FN3O3. The van der Waals surface area contributed by atoms with Crippen LogP contribution in [0, 0.1) is 5.82 Å². The van der Waals surface area contributed by atoms with E-state index in [9.17, 15) is 14.0 Å². The van der Waals surface area contributed by atoms with Crippen molar-refractivity contribution in [1.82, 2.24) is 14.9 Å². The summed E-state index contributed by atoms with van der Waals surface area (Å²) >= 11 is 0. The fourth-order valence-electron chi connectivity index (χ4n) is 2.74. The van der Waals surface area contributed by atoms with E-state index in [-0.39, 0.29) is 18.0 Å². The first kappa shape index (κ1) is 19.4. The van der Waals surface area contributed by atoms with Gasteiger partial charge >= 0.3 is 0 Å². The molecule has 0 bridgehead atoms. The molecule has 0 radical (unpaired) electrons. The summed E-state index contributed by atoms with van der Waals surface area (Å²) in [5, 5.41) is 0.487. The number of amides is 1. The second-order valence-corrected chi connectivity index (χ2v) is 6.14. The van der Waals surface area contributed by atoms with Crippen LogP contribution < -0.4 is 5.56 Å². The van der Waals surface area contributed by atoms with Crippen LogP contribution in [-0.2, 0) is 16.1 Å². The number of hydrogen-bond acceptors (Lipinski definition) is 4. The molecular weight excluding hydrogens is 361 g/mol. The first-order valence-corrected chi connectivity index (χ1v) is 8.77. The number of aromatic nitrogens is 2. The highest BCUT2D eigenvalue weighted by molar-refractivity contribution is 5.91. The number of halogens is 1. The Morgan fingerprint density at radius 1 is 1.21 bits per heavy atom. The fraction of sp³-hybridized carbons (Fsp3) is 0.190. The lowest BCUT2D eigenvalue weighted by atomic mass is 10.2. The Balaban J connectivity index is 1.83. The molecule has 0 saturated heterocycles. The third-order valence-corrected chi connectivity index (χ3v) is 4.19. The summed E-state index contributed by atoms with van der Waals surface area (Å²) in [6, 6.07) is 13.2. The van der Waals surface area contributed by atoms with Gasteiger partial charge in [0, 0.05) is 25.3 Å². The van der Waals surface area contributed by atoms with Crippen molar-refractivity contribution < 1.29 is 13.9 Å². The Morgan fingerprint density at radius 3 is 2.75 bits per heavy atom. The topological polar surface area (TPSA) is 75.3 Å². The number of carbonyl (C=O) groups excluding carboxylic acids is 1. The van der Waals surface area contributed by atoms with Crippen LogP contribution in [0.15, 0.2) is 59.4 Å². The Kier molecular flexibility index (Phi) is 6.29. The molecule has 0 atom stereocenters. The number of nitrogens with zero attached hydrogens (tertiary/aromatic N) is 2. The number of methoxy groups -OCH3 is 1. The lowest BCUT2D eigenvalue weighted by Gasteiger charge is -2.20. The molecule has 1 amide bonds. The van der Waals surface area contributed by atoms with E-state index in [4.69, 9.17) is 4.74 Å². The maximum Gasteiger partial charge on any atom is 0.258 e. The molecule has 1 N–H and O–H groups in total. The molecule has 0 spiro atoms. The number of fused-ring (bicyclic) bond motifs is 1. The number of ether oxygens (including phenoxy) is 1. The average Bonchev–Trinajstić information content (AvgIpc) is 2.70. The molecule has 2 aromatic carbocycles. The minimum Gasteiger partial charge on any atom is -0.383 e. The molecule has 0 unspecified atom stereocenters. The molecule has 144 valence electrons. The number of benzene rings is 2. The summed E-state index contributed by atoms with van der Waals surface area (Å²) in [6.45, 7) is 0.717. The van der Waals surface area contributed by atoms with Gasteiger partial charge in [0.25, 0.3) is 5.56 Å². The largest absolute Gasteiger partial charge is 0.383 e. The van der Waals surface area contributed by atoms with Crippen molar-refractivity contribution in [1.29, 1.82) is 0 Å². The van der Waals surface area contributed by atoms with Crippen LogP contribution in [0.3, 0.4) is 0 Å². The number of hydrogen-bond donors (Lipinski definition) is 1. The first-order chi connectivity index (χ1) is 13.6. The van der Waals surface area contributed by atoms with Crippen molar-refractivity contribution in [3.8, 4) is 0 Å². The van der Waals surface area contributed by atoms with Gasteiger partial charge in [0.15, 0.2) is 0 Å². The fourth-order valence-corrected chi connectivity index (χ4v) is 2.74. The van der Waals surface area contributed by atoms with Gasteiger partial charge in [-0.1, -0.05) is 30.3 Å². The van der Waals surface area contributed by atoms with Gasteiger partial charge < -0.3 is 14.6 Å². The molecule has 1 aromatic heterocycles. The molecule has 3 rings (SSSR count). The van der Waals surface area contributed by atoms with E-state index in [1.807, 2.05) is 0 Å².